The molecule has 0 spiro atoms. The molecular formula is C16H17ClN6O. The molecule has 0 saturated heterocycles. The molecule has 0 aliphatic rings. The number of carbonyl (C=O) groups is 1. The molecule has 24 heavy (non-hydrogen) atoms. The van der Waals surface area contributed by atoms with Gasteiger partial charge in [-0.05, 0) is 29.3 Å². The third-order valence-corrected chi connectivity index (χ3v) is 3.37. The lowest BCUT2D eigenvalue weighted by molar-refractivity contribution is -0.117. The molecule has 0 saturated carbocycles. The summed E-state index contributed by atoms with van der Waals surface area (Å²) in [5, 5.41) is 16.6. The Bertz CT molecular complexity index is 778. The first-order chi connectivity index (χ1) is 11.2. The van der Waals surface area contributed by atoms with Crippen molar-refractivity contribution in [2.45, 2.75) is 12.5 Å². The molecule has 4 N–H and O–H groups in total. The topological polar surface area (TPSA) is 110 Å². The monoisotopic (exact) mass is 344 g/mol. The average Bonchev–Trinajstić information content (AvgIpc) is 3.10. The second-order valence-corrected chi connectivity index (χ2v) is 5.10. The average molecular weight is 345 g/mol. The van der Waals surface area contributed by atoms with Gasteiger partial charge in [0.15, 0.2) is 0 Å². The zero-order valence-electron chi connectivity index (χ0n) is 12.7. The normalized spacial score (nSPS) is 11.4. The number of hydrogen-bond acceptors (Lipinski definition) is 5. The number of anilines is 1. The van der Waals surface area contributed by atoms with Gasteiger partial charge in [-0.1, -0.05) is 42.5 Å². The van der Waals surface area contributed by atoms with Crippen LogP contribution in [0, 0.1) is 0 Å². The summed E-state index contributed by atoms with van der Waals surface area (Å²) in [5.74, 6) is 0.230. The van der Waals surface area contributed by atoms with Crippen molar-refractivity contribution in [3.63, 3.8) is 0 Å². The number of H-pyrrole nitrogens is 1. The molecule has 3 rings (SSSR count). The first kappa shape index (κ1) is 17.6. The molecule has 1 amide bonds. The van der Waals surface area contributed by atoms with Crippen LogP contribution in [0.2, 0.25) is 0 Å². The van der Waals surface area contributed by atoms with Gasteiger partial charge in [0, 0.05) is 11.3 Å². The molecule has 3 aromatic rings. The van der Waals surface area contributed by atoms with E-state index < -0.39 is 6.04 Å². The highest BCUT2D eigenvalue weighted by atomic mass is 35.5. The number of benzene rings is 2. The van der Waals surface area contributed by atoms with Gasteiger partial charge >= 0.3 is 0 Å². The van der Waals surface area contributed by atoms with Crippen molar-refractivity contribution in [3.8, 4) is 11.4 Å². The van der Waals surface area contributed by atoms with Gasteiger partial charge in [0.05, 0.1) is 6.04 Å². The second kappa shape index (κ2) is 8.19. The Balaban J connectivity index is 0.00000208. The highest BCUT2D eigenvalue weighted by Crippen LogP contribution is 2.18. The van der Waals surface area contributed by atoms with Crippen LogP contribution >= 0.6 is 12.4 Å². The number of nitrogens with one attached hydrogen (secondary N) is 2. The van der Waals surface area contributed by atoms with Crippen molar-refractivity contribution in [3.05, 3.63) is 60.2 Å². The number of rotatable bonds is 5. The predicted octanol–water partition coefficient (Wildman–Crippen LogP) is 1.80. The van der Waals surface area contributed by atoms with Crippen LogP contribution in [-0.4, -0.2) is 32.6 Å². The molecule has 7 nitrogen and oxygen atoms in total. The maximum Gasteiger partial charge on any atom is 0.241 e. The Morgan fingerprint density at radius 3 is 2.67 bits per heavy atom. The van der Waals surface area contributed by atoms with E-state index in [4.69, 9.17) is 5.73 Å². The number of halogens is 1. The number of amides is 1. The second-order valence-electron chi connectivity index (χ2n) is 5.10. The summed E-state index contributed by atoms with van der Waals surface area (Å²) in [6.07, 6.45) is 0.483. The molecule has 0 aliphatic carbocycles. The van der Waals surface area contributed by atoms with Gasteiger partial charge in [-0.25, -0.2) is 0 Å². The Morgan fingerprint density at radius 2 is 1.96 bits per heavy atom. The van der Waals surface area contributed by atoms with Gasteiger partial charge in [-0.3, -0.25) is 4.79 Å². The molecule has 0 fully saturated rings. The SMILES string of the molecule is Cl.N[C@@H](Cc1ccccc1)C(=O)Nc1cccc(-c2nn[nH]n2)c1. The minimum atomic E-state index is -0.619. The van der Waals surface area contributed by atoms with E-state index in [0.717, 1.165) is 11.1 Å². The fourth-order valence-corrected chi connectivity index (χ4v) is 2.22. The summed E-state index contributed by atoms with van der Waals surface area (Å²) < 4.78 is 0. The first-order valence-electron chi connectivity index (χ1n) is 7.16. The van der Waals surface area contributed by atoms with E-state index in [0.29, 0.717) is 17.9 Å². The van der Waals surface area contributed by atoms with E-state index >= 15 is 0 Å². The maximum absolute atomic E-state index is 12.2. The van der Waals surface area contributed by atoms with Gasteiger partial charge in [-0.15, -0.1) is 22.6 Å². The first-order valence-corrected chi connectivity index (χ1v) is 7.16. The van der Waals surface area contributed by atoms with Gasteiger partial charge in [0.25, 0.3) is 0 Å². The number of aromatic nitrogens is 4. The van der Waals surface area contributed by atoms with Crippen LogP contribution < -0.4 is 11.1 Å². The summed E-state index contributed by atoms with van der Waals surface area (Å²) in [4.78, 5) is 12.2. The zero-order chi connectivity index (χ0) is 16.1. The minimum absolute atomic E-state index is 0. The number of nitrogens with zero attached hydrogens (tertiary/aromatic N) is 3. The summed E-state index contributed by atoms with van der Waals surface area (Å²) in [5.41, 5.74) is 8.40. The predicted molar refractivity (Wildman–Crippen MR) is 93.6 cm³/mol. The lowest BCUT2D eigenvalue weighted by Crippen LogP contribution is -2.37. The standard InChI is InChI=1S/C16H16N6O.ClH/c17-14(9-11-5-2-1-3-6-11)16(23)18-13-8-4-7-12(10-13)15-19-21-22-20-15;/h1-8,10,14H,9,17H2,(H,18,23)(H,19,20,21,22);1H/t14-;/m0./s1. The van der Waals surface area contributed by atoms with Gasteiger partial charge in [0.2, 0.25) is 11.7 Å². The van der Waals surface area contributed by atoms with Crippen molar-refractivity contribution in [2.24, 2.45) is 5.73 Å². The van der Waals surface area contributed by atoms with Crippen molar-refractivity contribution in [1.29, 1.82) is 0 Å². The van der Waals surface area contributed by atoms with Crippen LogP contribution in [0.25, 0.3) is 11.4 Å². The van der Waals surface area contributed by atoms with Crippen LogP contribution in [0.3, 0.4) is 0 Å². The summed E-state index contributed by atoms with van der Waals surface area (Å²) in [7, 11) is 0. The molecule has 1 atom stereocenters. The Hall–Kier alpha value is -2.77. The van der Waals surface area contributed by atoms with Crippen LogP contribution in [0.4, 0.5) is 5.69 Å². The highest BCUT2D eigenvalue weighted by molar-refractivity contribution is 5.95. The Labute approximate surface area is 145 Å². The van der Waals surface area contributed by atoms with E-state index in [9.17, 15) is 4.79 Å². The van der Waals surface area contributed by atoms with E-state index in [2.05, 4.69) is 25.9 Å². The van der Waals surface area contributed by atoms with Gasteiger partial charge in [0.1, 0.15) is 0 Å². The Morgan fingerprint density at radius 1 is 1.17 bits per heavy atom. The van der Waals surface area contributed by atoms with Gasteiger partial charge in [-0.2, -0.15) is 5.21 Å². The van der Waals surface area contributed by atoms with E-state index in [1.54, 1.807) is 12.1 Å². The molecule has 124 valence electrons. The summed E-state index contributed by atoms with van der Waals surface area (Å²) >= 11 is 0. The van der Waals surface area contributed by atoms with E-state index in [1.165, 1.54) is 0 Å². The van der Waals surface area contributed by atoms with Crippen molar-refractivity contribution < 1.29 is 4.79 Å². The minimum Gasteiger partial charge on any atom is -0.325 e. The molecule has 1 heterocycles. The van der Waals surface area contributed by atoms with Crippen LogP contribution in [-0.2, 0) is 11.2 Å². The zero-order valence-corrected chi connectivity index (χ0v) is 13.5. The summed E-state index contributed by atoms with van der Waals surface area (Å²) in [6, 6.07) is 16.3. The lowest BCUT2D eigenvalue weighted by Gasteiger charge is -2.12. The third kappa shape index (κ3) is 4.37. The maximum atomic E-state index is 12.2. The van der Waals surface area contributed by atoms with Crippen molar-refractivity contribution in [1.82, 2.24) is 20.6 Å². The fourth-order valence-electron chi connectivity index (χ4n) is 2.22. The number of tetrazole rings is 1. The van der Waals surface area contributed by atoms with E-state index in [-0.39, 0.29) is 18.3 Å². The lowest BCUT2D eigenvalue weighted by atomic mass is 10.1. The van der Waals surface area contributed by atoms with Crippen molar-refractivity contribution in [2.75, 3.05) is 5.32 Å². The number of aromatic amines is 1. The number of carbonyl (C=O) groups excluding carboxylic acids is 1. The Kier molecular flexibility index (Phi) is 6.00. The smallest absolute Gasteiger partial charge is 0.241 e. The third-order valence-electron chi connectivity index (χ3n) is 3.37. The van der Waals surface area contributed by atoms with Crippen LogP contribution in [0.5, 0.6) is 0 Å². The van der Waals surface area contributed by atoms with Crippen LogP contribution in [0.1, 0.15) is 5.56 Å². The molecule has 1 aromatic heterocycles. The molecule has 0 aliphatic heterocycles. The summed E-state index contributed by atoms with van der Waals surface area (Å²) in [6.45, 7) is 0. The van der Waals surface area contributed by atoms with Crippen molar-refractivity contribution >= 4 is 24.0 Å². The molecule has 0 radical (unpaired) electrons. The highest BCUT2D eigenvalue weighted by Gasteiger charge is 2.14. The largest absolute Gasteiger partial charge is 0.325 e. The van der Waals surface area contributed by atoms with E-state index in [1.807, 2.05) is 42.5 Å². The van der Waals surface area contributed by atoms with Crippen LogP contribution in [0.15, 0.2) is 54.6 Å². The fraction of sp³-hybridized carbons (Fsp3) is 0.125. The molecule has 8 heteroatoms. The number of nitrogens with two attached hydrogens (primary N) is 1. The molecule has 0 bridgehead atoms. The quantitative estimate of drug-likeness (QED) is 0.653. The molecule has 0 unspecified atom stereocenters. The molecular weight excluding hydrogens is 328 g/mol. The number of hydrogen-bond donors (Lipinski definition) is 3. The van der Waals surface area contributed by atoms with Gasteiger partial charge < -0.3 is 11.1 Å². The molecule has 2 aromatic carbocycles.